The maximum atomic E-state index is 13.5. The van der Waals surface area contributed by atoms with Crippen molar-refractivity contribution in [3.63, 3.8) is 0 Å². The molecular formula is C21H23F6N5O. The van der Waals surface area contributed by atoms with Gasteiger partial charge in [-0.1, -0.05) is 0 Å². The van der Waals surface area contributed by atoms with E-state index in [0.29, 0.717) is 24.0 Å². The zero-order valence-corrected chi connectivity index (χ0v) is 18.0. The van der Waals surface area contributed by atoms with E-state index in [-0.39, 0.29) is 43.1 Å². The molecule has 0 atom stereocenters. The number of nitrogens with one attached hydrogen (secondary N) is 1. The lowest BCUT2D eigenvalue weighted by Crippen LogP contribution is -2.37. The molecule has 1 saturated heterocycles. The summed E-state index contributed by atoms with van der Waals surface area (Å²) < 4.78 is 78.9. The summed E-state index contributed by atoms with van der Waals surface area (Å²) in [6.45, 7) is 2.36. The first kappa shape index (κ1) is 24.7. The molecule has 1 aliphatic heterocycles. The predicted octanol–water partition coefficient (Wildman–Crippen LogP) is 4.44. The fourth-order valence-electron chi connectivity index (χ4n) is 3.80. The highest BCUT2D eigenvalue weighted by molar-refractivity contribution is 6.08. The highest BCUT2D eigenvalue weighted by atomic mass is 19.4. The van der Waals surface area contributed by atoms with E-state index in [9.17, 15) is 31.1 Å². The van der Waals surface area contributed by atoms with Crippen LogP contribution in [0.5, 0.6) is 0 Å². The van der Waals surface area contributed by atoms with E-state index >= 15 is 0 Å². The number of hydrogen-bond acceptors (Lipinski definition) is 5. The normalized spacial score (nSPS) is 15.9. The molecule has 1 amide bonds. The van der Waals surface area contributed by atoms with E-state index in [1.54, 1.807) is 17.9 Å². The van der Waals surface area contributed by atoms with Crippen LogP contribution >= 0.6 is 0 Å². The van der Waals surface area contributed by atoms with Gasteiger partial charge in [0.1, 0.15) is 5.82 Å². The third kappa shape index (κ3) is 6.34. The van der Waals surface area contributed by atoms with Crippen LogP contribution in [0.1, 0.15) is 33.6 Å². The first-order valence-electron chi connectivity index (χ1n) is 10.2. The highest BCUT2D eigenvalue weighted by Crippen LogP contribution is 2.36. The number of aryl methyl sites for hydroxylation is 1. The van der Waals surface area contributed by atoms with Gasteiger partial charge in [0.2, 0.25) is 0 Å². The molecule has 33 heavy (non-hydrogen) atoms. The first-order valence-corrected chi connectivity index (χ1v) is 10.2. The summed E-state index contributed by atoms with van der Waals surface area (Å²) in [6, 6.07) is 3.07. The van der Waals surface area contributed by atoms with Crippen LogP contribution in [0.4, 0.5) is 37.8 Å². The number of anilines is 2. The molecule has 0 aliphatic carbocycles. The molecule has 2 aromatic heterocycles. The lowest BCUT2D eigenvalue weighted by molar-refractivity contribution is -0.145. The second-order valence-electron chi connectivity index (χ2n) is 7.87. The molecule has 0 saturated carbocycles. The van der Waals surface area contributed by atoms with Gasteiger partial charge in [0.25, 0.3) is 5.91 Å². The van der Waals surface area contributed by atoms with Crippen LogP contribution in [-0.2, 0) is 6.18 Å². The molecule has 1 aliphatic rings. The van der Waals surface area contributed by atoms with Crippen molar-refractivity contribution in [3.05, 3.63) is 46.9 Å². The van der Waals surface area contributed by atoms with Crippen LogP contribution in [0.25, 0.3) is 0 Å². The summed E-state index contributed by atoms with van der Waals surface area (Å²) in [4.78, 5) is 23.9. The number of carbonyl (C=O) groups excluding carboxylic acids is 1. The van der Waals surface area contributed by atoms with Crippen molar-refractivity contribution in [2.75, 3.05) is 42.9 Å². The summed E-state index contributed by atoms with van der Waals surface area (Å²) in [6.07, 6.45) is -6.63. The molecule has 3 heterocycles. The Balaban J connectivity index is 1.95. The van der Waals surface area contributed by atoms with E-state index < -0.39 is 30.4 Å². The van der Waals surface area contributed by atoms with Crippen molar-refractivity contribution in [1.82, 2.24) is 14.9 Å². The maximum absolute atomic E-state index is 13.5. The van der Waals surface area contributed by atoms with E-state index in [0.717, 1.165) is 0 Å². The monoisotopic (exact) mass is 475 g/mol. The minimum absolute atomic E-state index is 0.0117. The molecule has 0 aromatic carbocycles. The Bertz CT molecular complexity index is 1010. The Labute approximate surface area is 186 Å². The molecule has 3 rings (SSSR count). The zero-order chi connectivity index (χ0) is 24.4. The quantitative estimate of drug-likeness (QED) is 0.663. The predicted molar refractivity (Wildman–Crippen MR) is 110 cm³/mol. The fourth-order valence-corrected chi connectivity index (χ4v) is 3.80. The number of hydrogen-bond donors (Lipinski definition) is 1. The smallest absolute Gasteiger partial charge is 0.355 e. The number of halogens is 6. The Morgan fingerprint density at radius 3 is 2.42 bits per heavy atom. The summed E-state index contributed by atoms with van der Waals surface area (Å²) in [5, 5.41) is 2.58. The van der Waals surface area contributed by atoms with Crippen LogP contribution in [0.15, 0.2) is 24.5 Å². The van der Waals surface area contributed by atoms with Crippen molar-refractivity contribution >= 4 is 17.4 Å². The van der Waals surface area contributed by atoms with Gasteiger partial charge in [0, 0.05) is 50.0 Å². The second kappa shape index (κ2) is 9.54. The molecule has 0 radical (unpaired) electrons. The van der Waals surface area contributed by atoms with E-state index in [4.69, 9.17) is 0 Å². The number of nitrogens with zero attached hydrogens (tertiary/aromatic N) is 4. The number of pyridine rings is 2. The topological polar surface area (TPSA) is 61.4 Å². The second-order valence-corrected chi connectivity index (χ2v) is 7.87. The van der Waals surface area contributed by atoms with Crippen molar-refractivity contribution in [2.24, 2.45) is 0 Å². The Morgan fingerprint density at radius 2 is 1.79 bits per heavy atom. The van der Waals surface area contributed by atoms with Gasteiger partial charge in [0.05, 0.1) is 17.7 Å². The number of aromatic nitrogens is 2. The lowest BCUT2D eigenvalue weighted by Gasteiger charge is -2.26. The molecule has 0 spiro atoms. The van der Waals surface area contributed by atoms with Gasteiger partial charge >= 0.3 is 12.4 Å². The van der Waals surface area contributed by atoms with E-state index in [1.807, 2.05) is 0 Å². The minimum atomic E-state index is -4.72. The maximum Gasteiger partial charge on any atom is 0.418 e. The molecule has 6 nitrogen and oxygen atoms in total. The molecule has 12 heteroatoms. The van der Waals surface area contributed by atoms with Gasteiger partial charge < -0.3 is 10.2 Å². The standard InChI is InChI=1S/C21H23F6N5O/c1-13-10-15(4-5-28-13)30-19(33)17-14(2)16(21(25,26)27)11-29-18(17)32-7-3-6-31(8-9-32)12-20(22,23)24/h4-5,10-11H,3,6-9,12H2,1-2H3,(H,28,30,33). The minimum Gasteiger partial charge on any atom is -0.355 e. The van der Waals surface area contributed by atoms with Gasteiger partial charge in [-0.25, -0.2) is 4.98 Å². The van der Waals surface area contributed by atoms with E-state index in [1.165, 1.54) is 24.1 Å². The lowest BCUT2D eigenvalue weighted by atomic mass is 10.0. The van der Waals surface area contributed by atoms with E-state index in [2.05, 4.69) is 15.3 Å². The third-order valence-electron chi connectivity index (χ3n) is 5.30. The third-order valence-corrected chi connectivity index (χ3v) is 5.30. The first-order chi connectivity index (χ1) is 15.3. The van der Waals surface area contributed by atoms with Crippen LogP contribution < -0.4 is 10.2 Å². The van der Waals surface area contributed by atoms with Crippen molar-refractivity contribution in [3.8, 4) is 0 Å². The number of rotatable bonds is 4. The van der Waals surface area contributed by atoms with Gasteiger partial charge in [-0.05, 0) is 38.0 Å². The molecule has 1 N–H and O–H groups in total. The molecule has 0 unspecified atom stereocenters. The Hall–Kier alpha value is -2.89. The molecular weight excluding hydrogens is 452 g/mol. The Kier molecular flexibility index (Phi) is 7.15. The molecule has 0 bridgehead atoms. The zero-order valence-electron chi connectivity index (χ0n) is 18.0. The summed E-state index contributed by atoms with van der Waals surface area (Å²) in [5.74, 6) is -0.777. The fraction of sp³-hybridized carbons (Fsp3) is 0.476. The van der Waals surface area contributed by atoms with Gasteiger partial charge in [-0.2, -0.15) is 26.3 Å². The van der Waals surface area contributed by atoms with Crippen LogP contribution in [0.2, 0.25) is 0 Å². The number of alkyl halides is 6. The molecule has 1 fully saturated rings. The summed E-state index contributed by atoms with van der Waals surface area (Å²) in [7, 11) is 0. The SMILES string of the molecule is Cc1cc(NC(=O)c2c(N3CCCN(CC(F)(F)F)CC3)ncc(C(F)(F)F)c2C)ccn1. The molecule has 180 valence electrons. The Morgan fingerprint density at radius 1 is 1.06 bits per heavy atom. The summed E-state index contributed by atoms with van der Waals surface area (Å²) >= 11 is 0. The average Bonchev–Trinajstić information content (AvgIpc) is 2.90. The average molecular weight is 475 g/mol. The van der Waals surface area contributed by atoms with Crippen molar-refractivity contribution in [2.45, 2.75) is 32.6 Å². The summed E-state index contributed by atoms with van der Waals surface area (Å²) in [5.41, 5.74) is -0.654. The molecule has 2 aromatic rings. The van der Waals surface area contributed by atoms with Gasteiger partial charge in [0.15, 0.2) is 0 Å². The van der Waals surface area contributed by atoms with Gasteiger partial charge in [-0.3, -0.25) is 14.7 Å². The van der Waals surface area contributed by atoms with Crippen LogP contribution in [0, 0.1) is 13.8 Å². The van der Waals surface area contributed by atoms with Gasteiger partial charge in [-0.15, -0.1) is 0 Å². The number of amides is 1. The van der Waals surface area contributed by atoms with Crippen molar-refractivity contribution < 1.29 is 31.1 Å². The number of carbonyl (C=O) groups is 1. The van der Waals surface area contributed by atoms with Crippen molar-refractivity contribution in [1.29, 1.82) is 0 Å². The largest absolute Gasteiger partial charge is 0.418 e. The van der Waals surface area contributed by atoms with Crippen LogP contribution in [-0.4, -0.2) is 59.7 Å². The van der Waals surface area contributed by atoms with Crippen LogP contribution in [0.3, 0.4) is 0 Å². The highest BCUT2D eigenvalue weighted by Gasteiger charge is 2.37.